The molecule has 0 bridgehead atoms. The number of carbonyl (C=O) groups is 3. The van der Waals surface area contributed by atoms with Crippen molar-refractivity contribution in [1.29, 1.82) is 0 Å². The summed E-state index contributed by atoms with van der Waals surface area (Å²) in [5.74, 6) is -0.918. The van der Waals surface area contributed by atoms with Crippen molar-refractivity contribution in [3.63, 3.8) is 0 Å². The van der Waals surface area contributed by atoms with Crippen LogP contribution >= 0.6 is 0 Å². The highest BCUT2D eigenvalue weighted by Gasteiger charge is 2.19. The molecule has 0 rings (SSSR count). The number of hydrogen-bond donors (Lipinski definition) is 0. The van der Waals surface area contributed by atoms with Gasteiger partial charge in [-0.1, -0.05) is 248 Å². The van der Waals surface area contributed by atoms with E-state index in [2.05, 4.69) is 93.7 Å². The third-order valence-electron chi connectivity index (χ3n) is 12.2. The molecule has 0 radical (unpaired) electrons. The van der Waals surface area contributed by atoms with Gasteiger partial charge in [0, 0.05) is 19.3 Å². The number of hydrogen-bond acceptors (Lipinski definition) is 6. The molecule has 0 aliphatic rings. The molecule has 0 aromatic heterocycles. The number of carbonyl (C=O) groups excluding carboxylic acids is 3. The van der Waals surface area contributed by atoms with Crippen molar-refractivity contribution >= 4 is 17.9 Å². The summed E-state index contributed by atoms with van der Waals surface area (Å²) >= 11 is 0. The van der Waals surface area contributed by atoms with Gasteiger partial charge in [0.05, 0.1) is 0 Å². The highest BCUT2D eigenvalue weighted by atomic mass is 16.6. The van der Waals surface area contributed by atoms with E-state index in [4.69, 9.17) is 14.2 Å². The van der Waals surface area contributed by atoms with Gasteiger partial charge in [0.2, 0.25) is 0 Å². The molecule has 0 aromatic rings. The molecule has 0 aliphatic heterocycles. The predicted molar refractivity (Wildman–Crippen MR) is 288 cm³/mol. The highest BCUT2D eigenvalue weighted by molar-refractivity contribution is 5.71. The van der Waals surface area contributed by atoms with Gasteiger partial charge in [-0.05, 0) is 83.5 Å². The number of rotatable bonds is 51. The van der Waals surface area contributed by atoms with Crippen LogP contribution in [0, 0.1) is 0 Å². The van der Waals surface area contributed by atoms with Crippen molar-refractivity contribution in [3.05, 3.63) is 72.9 Å². The maximum Gasteiger partial charge on any atom is 0.306 e. The fourth-order valence-corrected chi connectivity index (χ4v) is 7.92. The van der Waals surface area contributed by atoms with E-state index in [0.717, 1.165) is 122 Å². The van der Waals surface area contributed by atoms with E-state index in [1.165, 1.54) is 116 Å². The Morgan fingerprint density at radius 3 is 0.955 bits per heavy atom. The van der Waals surface area contributed by atoms with Crippen LogP contribution in [0.5, 0.6) is 0 Å². The smallest absolute Gasteiger partial charge is 0.306 e. The molecule has 0 amide bonds. The Hall–Kier alpha value is -3.15. The fourth-order valence-electron chi connectivity index (χ4n) is 7.92. The minimum Gasteiger partial charge on any atom is -0.462 e. The molecule has 0 saturated carbocycles. The first-order valence-electron chi connectivity index (χ1n) is 28.4. The molecule has 386 valence electrons. The van der Waals surface area contributed by atoms with E-state index >= 15 is 0 Å². The van der Waals surface area contributed by atoms with Gasteiger partial charge in [0.15, 0.2) is 6.10 Å². The molecule has 67 heavy (non-hydrogen) atoms. The fraction of sp³-hybridized carbons (Fsp3) is 0.754. The second kappa shape index (κ2) is 55.4. The van der Waals surface area contributed by atoms with Crippen LogP contribution < -0.4 is 0 Å². The molecule has 6 heteroatoms. The third kappa shape index (κ3) is 53.7. The van der Waals surface area contributed by atoms with E-state index in [-0.39, 0.29) is 31.1 Å². The number of allylic oxidation sites excluding steroid dienone is 12. The summed E-state index contributed by atoms with van der Waals surface area (Å²) in [5, 5.41) is 0. The van der Waals surface area contributed by atoms with Crippen molar-refractivity contribution < 1.29 is 28.6 Å². The van der Waals surface area contributed by atoms with E-state index < -0.39 is 6.10 Å². The van der Waals surface area contributed by atoms with Crippen molar-refractivity contribution in [1.82, 2.24) is 0 Å². The van der Waals surface area contributed by atoms with Crippen LogP contribution in [0.25, 0.3) is 0 Å². The van der Waals surface area contributed by atoms with Gasteiger partial charge in [-0.3, -0.25) is 14.4 Å². The number of unbranched alkanes of at least 4 members (excludes halogenated alkanes) is 28. The second-order valence-electron chi connectivity index (χ2n) is 18.8. The van der Waals surface area contributed by atoms with Crippen LogP contribution in [-0.2, 0) is 28.6 Å². The maximum atomic E-state index is 12.8. The normalized spacial score (nSPS) is 12.6. The van der Waals surface area contributed by atoms with Crippen LogP contribution in [0.1, 0.15) is 278 Å². The van der Waals surface area contributed by atoms with Crippen molar-refractivity contribution in [2.45, 2.75) is 284 Å². The average Bonchev–Trinajstić information content (AvgIpc) is 3.33. The Bertz CT molecular complexity index is 1260. The molecule has 0 aliphatic carbocycles. The highest BCUT2D eigenvalue weighted by Crippen LogP contribution is 2.16. The van der Waals surface area contributed by atoms with Crippen LogP contribution in [0.2, 0.25) is 0 Å². The molecule has 6 nitrogen and oxygen atoms in total. The van der Waals surface area contributed by atoms with E-state index in [1.807, 2.05) is 0 Å². The molecule has 0 heterocycles. The maximum absolute atomic E-state index is 12.8. The van der Waals surface area contributed by atoms with Crippen LogP contribution in [-0.4, -0.2) is 37.2 Å². The van der Waals surface area contributed by atoms with Crippen molar-refractivity contribution in [3.8, 4) is 0 Å². The zero-order chi connectivity index (χ0) is 48.6. The van der Waals surface area contributed by atoms with Crippen LogP contribution in [0.3, 0.4) is 0 Å². The zero-order valence-electron chi connectivity index (χ0n) is 44.2. The Morgan fingerprint density at radius 2 is 0.597 bits per heavy atom. The summed E-state index contributed by atoms with van der Waals surface area (Å²) in [6, 6.07) is 0. The lowest BCUT2D eigenvalue weighted by atomic mass is 10.0. The summed E-state index contributed by atoms with van der Waals surface area (Å²) in [6.45, 7) is 6.48. The SMILES string of the molecule is CC/C=C\C/C=C\C/C=C\C/C=C\CCCCCCC(=O)OC(COC(=O)CCCCCCC/C=C\C/C=C\CCCC)COC(=O)CCCCCCCCCCCCCCCCCCCC. The van der Waals surface area contributed by atoms with Crippen molar-refractivity contribution in [2.24, 2.45) is 0 Å². The summed E-state index contributed by atoms with van der Waals surface area (Å²) in [5.41, 5.74) is 0. The summed E-state index contributed by atoms with van der Waals surface area (Å²) in [7, 11) is 0. The lowest BCUT2D eigenvalue weighted by molar-refractivity contribution is -0.167. The molecule has 0 fully saturated rings. The lowest BCUT2D eigenvalue weighted by Crippen LogP contribution is -2.30. The predicted octanol–water partition coefficient (Wildman–Crippen LogP) is 19.0. The van der Waals surface area contributed by atoms with Crippen LogP contribution in [0.4, 0.5) is 0 Å². The second-order valence-corrected chi connectivity index (χ2v) is 18.8. The third-order valence-corrected chi connectivity index (χ3v) is 12.2. The van der Waals surface area contributed by atoms with Gasteiger partial charge in [-0.25, -0.2) is 0 Å². The Morgan fingerprint density at radius 1 is 0.313 bits per heavy atom. The summed E-state index contributed by atoms with van der Waals surface area (Å²) in [4.78, 5) is 38.1. The summed E-state index contributed by atoms with van der Waals surface area (Å²) in [6.07, 6.45) is 70.3. The molecular weight excluding hydrogens is 829 g/mol. The van der Waals surface area contributed by atoms with Crippen molar-refractivity contribution in [2.75, 3.05) is 13.2 Å². The van der Waals surface area contributed by atoms with Gasteiger partial charge in [-0.15, -0.1) is 0 Å². The minimum absolute atomic E-state index is 0.0879. The molecule has 0 N–H and O–H groups in total. The summed E-state index contributed by atoms with van der Waals surface area (Å²) < 4.78 is 16.8. The van der Waals surface area contributed by atoms with E-state index in [9.17, 15) is 14.4 Å². The first-order chi connectivity index (χ1) is 33.0. The monoisotopic (exact) mass is 935 g/mol. The Kier molecular flexibility index (Phi) is 52.8. The molecule has 0 saturated heterocycles. The Labute approximate surface area is 414 Å². The molecule has 0 aromatic carbocycles. The van der Waals surface area contributed by atoms with E-state index in [0.29, 0.717) is 19.3 Å². The molecule has 1 atom stereocenters. The average molecular weight is 936 g/mol. The minimum atomic E-state index is -0.793. The van der Waals surface area contributed by atoms with E-state index in [1.54, 1.807) is 0 Å². The zero-order valence-corrected chi connectivity index (χ0v) is 44.2. The number of ether oxygens (including phenoxy) is 3. The standard InChI is InChI=1S/C61H106O6/c1-4-7-10-13-16-19-22-25-28-30-32-33-36-39-42-45-48-51-54-60(63)66-57-58(56-65-59(62)53-50-47-44-41-38-35-27-24-21-18-15-12-9-6-3)67-61(64)55-52-49-46-43-40-37-34-31-29-26-23-20-17-14-11-8-5-2/h8,11,15,17-18,20,24,26-27,29,34,37,58H,4-7,9-10,12-14,16,19,21-23,25,28,30-33,35-36,38-57H2,1-3H3/b11-8-,18-15-,20-17-,27-24-,29-26-,37-34-. The van der Waals surface area contributed by atoms with Gasteiger partial charge in [0.25, 0.3) is 0 Å². The van der Waals surface area contributed by atoms with Gasteiger partial charge >= 0.3 is 17.9 Å². The first-order valence-corrected chi connectivity index (χ1v) is 28.4. The first kappa shape index (κ1) is 63.8. The molecule has 1 unspecified atom stereocenters. The van der Waals surface area contributed by atoms with Crippen LogP contribution in [0.15, 0.2) is 72.9 Å². The Balaban J connectivity index is 4.41. The number of esters is 3. The molecular formula is C61H106O6. The van der Waals surface area contributed by atoms with Gasteiger partial charge < -0.3 is 14.2 Å². The quantitative estimate of drug-likeness (QED) is 0.0262. The van der Waals surface area contributed by atoms with Gasteiger partial charge in [0.1, 0.15) is 13.2 Å². The largest absolute Gasteiger partial charge is 0.462 e. The van der Waals surface area contributed by atoms with Gasteiger partial charge in [-0.2, -0.15) is 0 Å². The molecule has 0 spiro atoms. The topological polar surface area (TPSA) is 78.9 Å². The lowest BCUT2D eigenvalue weighted by Gasteiger charge is -2.18.